The van der Waals surface area contributed by atoms with E-state index in [1.165, 1.54) is 6.07 Å². The van der Waals surface area contributed by atoms with Gasteiger partial charge in [-0.05, 0) is 12.1 Å². The van der Waals surface area contributed by atoms with E-state index in [9.17, 15) is 18.0 Å². The zero-order valence-corrected chi connectivity index (χ0v) is 10.8. The molecule has 9 heteroatoms. The highest BCUT2D eigenvalue weighted by atomic mass is 32.1. The molecule has 0 aliphatic carbocycles. The predicted octanol–water partition coefficient (Wildman–Crippen LogP) is 1.62. The van der Waals surface area contributed by atoms with Crippen molar-refractivity contribution < 1.29 is 23.1 Å². The lowest BCUT2D eigenvalue weighted by Crippen LogP contribution is -2.26. The molecule has 108 valence electrons. The minimum atomic E-state index is -4.55. The molecule has 2 aromatic heterocycles. The number of halogens is 3. The zero-order valence-electron chi connectivity index (χ0n) is 9.99. The first-order valence-corrected chi connectivity index (χ1v) is 6.31. The minimum absolute atomic E-state index is 0.0355. The van der Waals surface area contributed by atoms with E-state index in [1.54, 1.807) is 0 Å². The van der Waals surface area contributed by atoms with Gasteiger partial charge in [-0.15, -0.1) is 11.3 Å². The number of carbonyl (C=O) groups is 1. The molecule has 0 bridgehead atoms. The van der Waals surface area contributed by atoms with Crippen LogP contribution in [0.5, 0.6) is 0 Å². The molecule has 0 unspecified atom stereocenters. The highest BCUT2D eigenvalue weighted by Gasteiger charge is 2.33. The summed E-state index contributed by atoms with van der Waals surface area (Å²) in [5.41, 5.74) is 4.79. The molecule has 2 aromatic rings. The number of pyridine rings is 1. The lowest BCUT2D eigenvalue weighted by atomic mass is 10.2. The van der Waals surface area contributed by atoms with Crippen molar-refractivity contribution in [3.8, 4) is 0 Å². The molecule has 0 aliphatic heterocycles. The Kier molecular flexibility index (Phi) is 3.82. The number of hydrogen-bond donors (Lipinski definition) is 3. The molecule has 4 N–H and O–H groups in total. The van der Waals surface area contributed by atoms with E-state index >= 15 is 0 Å². The average molecular weight is 305 g/mol. The van der Waals surface area contributed by atoms with E-state index in [0.29, 0.717) is 5.39 Å². The van der Waals surface area contributed by atoms with E-state index in [2.05, 4.69) is 10.3 Å². The first-order chi connectivity index (χ1) is 9.34. The number of carbonyl (C=O) groups excluding carboxylic acids is 1. The van der Waals surface area contributed by atoms with Gasteiger partial charge in [0.15, 0.2) is 0 Å². The van der Waals surface area contributed by atoms with Crippen LogP contribution in [0.25, 0.3) is 10.2 Å². The fraction of sp³-hybridized carbons (Fsp3) is 0.273. The van der Waals surface area contributed by atoms with Gasteiger partial charge in [0.25, 0.3) is 5.91 Å². The number of nitrogens with two attached hydrogens (primary N) is 1. The molecule has 2 rings (SSSR count). The third-order valence-electron chi connectivity index (χ3n) is 2.49. The molecule has 20 heavy (non-hydrogen) atoms. The van der Waals surface area contributed by atoms with Gasteiger partial charge in [-0.1, -0.05) is 0 Å². The largest absolute Gasteiger partial charge is 0.433 e. The van der Waals surface area contributed by atoms with Crippen molar-refractivity contribution in [3.05, 3.63) is 22.7 Å². The normalized spacial score (nSPS) is 11.8. The van der Waals surface area contributed by atoms with E-state index in [-0.39, 0.29) is 28.5 Å². The number of aliphatic hydroxyl groups is 1. The third-order valence-corrected chi connectivity index (χ3v) is 3.60. The second kappa shape index (κ2) is 5.25. The summed E-state index contributed by atoms with van der Waals surface area (Å²) in [7, 11) is 0. The summed E-state index contributed by atoms with van der Waals surface area (Å²) in [6.07, 6.45) is -4.55. The van der Waals surface area contributed by atoms with Crippen LogP contribution in [-0.2, 0) is 6.18 Å². The number of rotatable bonds is 3. The SMILES string of the molecule is Nc1c(C(=O)NCCO)sc2nc(C(F)(F)F)ccc12. The van der Waals surface area contributed by atoms with Crippen LogP contribution in [-0.4, -0.2) is 29.1 Å². The van der Waals surface area contributed by atoms with Crippen molar-refractivity contribution >= 4 is 33.1 Å². The fourth-order valence-corrected chi connectivity index (χ4v) is 2.58. The highest BCUT2D eigenvalue weighted by Crippen LogP contribution is 2.35. The molecule has 0 fully saturated rings. The zero-order chi connectivity index (χ0) is 14.9. The Morgan fingerprint density at radius 3 is 2.75 bits per heavy atom. The number of alkyl halides is 3. The Morgan fingerprint density at radius 1 is 1.45 bits per heavy atom. The molecule has 0 aromatic carbocycles. The van der Waals surface area contributed by atoms with Crippen molar-refractivity contribution in [1.29, 1.82) is 0 Å². The van der Waals surface area contributed by atoms with Crippen LogP contribution in [0.4, 0.5) is 18.9 Å². The number of anilines is 1. The summed E-state index contributed by atoms with van der Waals surface area (Å²) in [6, 6.07) is 2.01. The van der Waals surface area contributed by atoms with Crippen molar-refractivity contribution in [1.82, 2.24) is 10.3 Å². The Labute approximate surface area is 115 Å². The summed E-state index contributed by atoms with van der Waals surface area (Å²) < 4.78 is 37.7. The van der Waals surface area contributed by atoms with Gasteiger partial charge in [0.1, 0.15) is 15.4 Å². The topological polar surface area (TPSA) is 88.2 Å². The number of nitrogen functional groups attached to an aromatic ring is 1. The Bertz CT molecular complexity index is 654. The van der Waals surface area contributed by atoms with Gasteiger partial charge >= 0.3 is 6.18 Å². The van der Waals surface area contributed by atoms with Crippen LogP contribution >= 0.6 is 11.3 Å². The third kappa shape index (κ3) is 2.68. The van der Waals surface area contributed by atoms with Crippen LogP contribution in [0.3, 0.4) is 0 Å². The Hall–Kier alpha value is -1.87. The quantitative estimate of drug-likeness (QED) is 0.804. The Balaban J connectivity index is 2.44. The van der Waals surface area contributed by atoms with E-state index in [4.69, 9.17) is 10.8 Å². The summed E-state index contributed by atoms with van der Waals surface area (Å²) >= 11 is 0.783. The maximum atomic E-state index is 12.6. The molecular formula is C11H10F3N3O2S. The van der Waals surface area contributed by atoms with Crippen LogP contribution in [0.1, 0.15) is 15.4 Å². The van der Waals surface area contributed by atoms with Crippen LogP contribution in [0, 0.1) is 0 Å². The first kappa shape index (κ1) is 14.5. The first-order valence-electron chi connectivity index (χ1n) is 5.50. The second-order valence-electron chi connectivity index (χ2n) is 3.87. The van der Waals surface area contributed by atoms with Gasteiger partial charge in [0.05, 0.1) is 12.3 Å². The molecule has 0 aliphatic rings. The average Bonchev–Trinajstić information content (AvgIpc) is 2.72. The highest BCUT2D eigenvalue weighted by molar-refractivity contribution is 7.21. The summed E-state index contributed by atoms with van der Waals surface area (Å²) in [5.74, 6) is -0.548. The summed E-state index contributed by atoms with van der Waals surface area (Å²) in [4.78, 5) is 15.3. The molecule has 0 radical (unpaired) electrons. The number of hydrogen-bond acceptors (Lipinski definition) is 5. The Morgan fingerprint density at radius 2 is 2.15 bits per heavy atom. The molecule has 1 amide bonds. The van der Waals surface area contributed by atoms with Gasteiger partial charge in [0, 0.05) is 11.9 Å². The number of thiophene rings is 1. The number of fused-ring (bicyclic) bond motifs is 1. The van der Waals surface area contributed by atoms with Crippen molar-refractivity contribution in [2.24, 2.45) is 0 Å². The number of nitrogens with one attached hydrogen (secondary N) is 1. The number of aromatic nitrogens is 1. The minimum Gasteiger partial charge on any atom is -0.397 e. The second-order valence-corrected chi connectivity index (χ2v) is 4.87. The smallest absolute Gasteiger partial charge is 0.397 e. The number of aliphatic hydroxyl groups excluding tert-OH is 1. The standard InChI is InChI=1S/C11H10F3N3O2S/c12-11(13,14)6-2-1-5-7(15)8(20-10(5)17-6)9(19)16-3-4-18/h1-2,18H,3-4,15H2,(H,16,19). The van der Waals surface area contributed by atoms with Crippen LogP contribution in [0.2, 0.25) is 0 Å². The summed E-state index contributed by atoms with van der Waals surface area (Å²) in [5, 5.41) is 11.3. The lowest BCUT2D eigenvalue weighted by molar-refractivity contribution is -0.140. The van der Waals surface area contributed by atoms with Gasteiger partial charge in [0.2, 0.25) is 0 Å². The molecule has 5 nitrogen and oxygen atoms in total. The maximum Gasteiger partial charge on any atom is 0.433 e. The molecular weight excluding hydrogens is 295 g/mol. The number of amides is 1. The lowest BCUT2D eigenvalue weighted by Gasteiger charge is -2.04. The number of nitrogens with zero attached hydrogens (tertiary/aromatic N) is 1. The molecule has 0 saturated carbocycles. The fourth-order valence-electron chi connectivity index (χ4n) is 1.57. The summed E-state index contributed by atoms with van der Waals surface area (Å²) in [6.45, 7) is -0.208. The van der Waals surface area contributed by atoms with E-state index in [0.717, 1.165) is 17.4 Å². The van der Waals surface area contributed by atoms with Gasteiger partial charge in [-0.2, -0.15) is 13.2 Å². The van der Waals surface area contributed by atoms with Crippen molar-refractivity contribution in [3.63, 3.8) is 0 Å². The van der Waals surface area contributed by atoms with Crippen molar-refractivity contribution in [2.45, 2.75) is 6.18 Å². The van der Waals surface area contributed by atoms with E-state index in [1.807, 2.05) is 0 Å². The van der Waals surface area contributed by atoms with Crippen molar-refractivity contribution in [2.75, 3.05) is 18.9 Å². The van der Waals surface area contributed by atoms with Gasteiger partial charge in [-0.25, -0.2) is 4.98 Å². The molecule has 0 saturated heterocycles. The van der Waals surface area contributed by atoms with Crippen LogP contribution < -0.4 is 11.1 Å². The molecule has 0 spiro atoms. The molecule has 0 atom stereocenters. The van der Waals surface area contributed by atoms with Gasteiger partial charge < -0.3 is 16.2 Å². The molecule has 2 heterocycles. The monoisotopic (exact) mass is 305 g/mol. The maximum absolute atomic E-state index is 12.6. The predicted molar refractivity (Wildman–Crippen MR) is 68.5 cm³/mol. The van der Waals surface area contributed by atoms with Gasteiger partial charge in [-0.3, -0.25) is 4.79 Å². The van der Waals surface area contributed by atoms with Crippen LogP contribution in [0.15, 0.2) is 12.1 Å². The van der Waals surface area contributed by atoms with E-state index < -0.39 is 17.8 Å².